The largest absolute Gasteiger partial charge is 0.481 e. The molecule has 0 aromatic carbocycles. The molecule has 0 atom stereocenters. The van der Waals surface area contributed by atoms with Gasteiger partial charge in [0.15, 0.2) is 0 Å². The Bertz CT molecular complexity index is 368. The summed E-state index contributed by atoms with van der Waals surface area (Å²) in [5.74, 6) is -0.893. The molecule has 0 aromatic rings. The SMILES string of the molecule is CCN(CC(F)(F)F)C(=O)N1CCN(CCC(=O)O)CC1. The number of hydrogen-bond acceptors (Lipinski definition) is 3. The number of aliphatic carboxylic acids is 1. The number of carboxylic acid groups (broad SMARTS) is 1. The lowest BCUT2D eigenvalue weighted by Crippen LogP contribution is -2.54. The van der Waals surface area contributed by atoms with Gasteiger partial charge in [0.1, 0.15) is 6.54 Å². The van der Waals surface area contributed by atoms with Gasteiger partial charge < -0.3 is 14.9 Å². The zero-order valence-corrected chi connectivity index (χ0v) is 11.9. The molecule has 0 aromatic heterocycles. The molecule has 1 saturated heterocycles. The van der Waals surface area contributed by atoms with Gasteiger partial charge in [0.2, 0.25) is 0 Å². The van der Waals surface area contributed by atoms with Crippen molar-refractivity contribution in [3.63, 3.8) is 0 Å². The molecule has 1 aliphatic rings. The van der Waals surface area contributed by atoms with Crippen LogP contribution in [0.5, 0.6) is 0 Å². The molecule has 122 valence electrons. The van der Waals surface area contributed by atoms with E-state index < -0.39 is 24.7 Å². The number of hydrogen-bond donors (Lipinski definition) is 1. The van der Waals surface area contributed by atoms with E-state index in [0.717, 1.165) is 4.90 Å². The Morgan fingerprint density at radius 3 is 2.19 bits per heavy atom. The first kappa shape index (κ1) is 17.5. The van der Waals surface area contributed by atoms with Crippen LogP contribution in [0.4, 0.5) is 18.0 Å². The smallest absolute Gasteiger partial charge is 0.406 e. The van der Waals surface area contributed by atoms with Crippen LogP contribution in [0.15, 0.2) is 0 Å². The van der Waals surface area contributed by atoms with Crippen molar-refractivity contribution in [2.45, 2.75) is 19.5 Å². The lowest BCUT2D eigenvalue weighted by atomic mass is 10.3. The number of carbonyl (C=O) groups is 2. The van der Waals surface area contributed by atoms with Gasteiger partial charge in [-0.15, -0.1) is 0 Å². The highest BCUT2D eigenvalue weighted by atomic mass is 19.4. The number of piperazine rings is 1. The average Bonchev–Trinajstić information content (AvgIpc) is 2.41. The van der Waals surface area contributed by atoms with Crippen LogP contribution in [0, 0.1) is 0 Å². The summed E-state index contributed by atoms with van der Waals surface area (Å²) >= 11 is 0. The third-order valence-corrected chi connectivity index (χ3v) is 3.31. The van der Waals surface area contributed by atoms with Gasteiger partial charge in [-0.2, -0.15) is 13.2 Å². The molecule has 9 heteroatoms. The quantitative estimate of drug-likeness (QED) is 0.825. The van der Waals surface area contributed by atoms with Gasteiger partial charge in [-0.25, -0.2) is 4.79 Å². The fourth-order valence-corrected chi connectivity index (χ4v) is 2.15. The van der Waals surface area contributed by atoms with Crippen molar-refractivity contribution < 1.29 is 27.9 Å². The monoisotopic (exact) mass is 311 g/mol. The van der Waals surface area contributed by atoms with E-state index in [1.807, 2.05) is 4.90 Å². The van der Waals surface area contributed by atoms with Gasteiger partial charge >= 0.3 is 18.2 Å². The molecule has 0 radical (unpaired) electrons. The summed E-state index contributed by atoms with van der Waals surface area (Å²) in [5.41, 5.74) is 0. The number of carbonyl (C=O) groups excluding carboxylic acids is 1. The van der Waals surface area contributed by atoms with Crippen molar-refractivity contribution in [1.29, 1.82) is 0 Å². The van der Waals surface area contributed by atoms with E-state index in [1.54, 1.807) is 0 Å². The molecular weight excluding hydrogens is 291 g/mol. The molecule has 2 amide bonds. The standard InChI is InChI=1S/C12H20F3N3O3/c1-2-17(9-12(13,14)15)11(21)18-7-5-16(6-8-18)4-3-10(19)20/h2-9H2,1H3,(H,19,20). The van der Waals surface area contributed by atoms with Crippen molar-refractivity contribution in [3.8, 4) is 0 Å². The van der Waals surface area contributed by atoms with Crippen LogP contribution in [0.3, 0.4) is 0 Å². The van der Waals surface area contributed by atoms with Crippen LogP contribution in [0.1, 0.15) is 13.3 Å². The van der Waals surface area contributed by atoms with Crippen LogP contribution in [0.25, 0.3) is 0 Å². The molecule has 0 unspecified atom stereocenters. The maximum Gasteiger partial charge on any atom is 0.406 e. The molecule has 0 aliphatic carbocycles. The summed E-state index contributed by atoms with van der Waals surface area (Å²) < 4.78 is 37.1. The van der Waals surface area contributed by atoms with E-state index in [0.29, 0.717) is 32.7 Å². The maximum atomic E-state index is 12.4. The second-order valence-corrected chi connectivity index (χ2v) is 4.88. The van der Waals surface area contributed by atoms with Crippen LogP contribution < -0.4 is 0 Å². The van der Waals surface area contributed by atoms with Gasteiger partial charge in [-0.1, -0.05) is 0 Å². The van der Waals surface area contributed by atoms with E-state index >= 15 is 0 Å². The topological polar surface area (TPSA) is 64.1 Å². The lowest BCUT2D eigenvalue weighted by molar-refractivity contribution is -0.140. The molecule has 1 heterocycles. The van der Waals surface area contributed by atoms with E-state index in [4.69, 9.17) is 5.11 Å². The number of halogens is 3. The first-order valence-electron chi connectivity index (χ1n) is 6.77. The molecule has 1 N–H and O–H groups in total. The van der Waals surface area contributed by atoms with Crippen LogP contribution in [-0.4, -0.2) is 83.8 Å². The number of urea groups is 1. The van der Waals surface area contributed by atoms with Gasteiger partial charge in [-0.05, 0) is 6.92 Å². The first-order chi connectivity index (χ1) is 9.73. The third kappa shape index (κ3) is 6.19. The van der Waals surface area contributed by atoms with Crippen LogP contribution >= 0.6 is 0 Å². The Morgan fingerprint density at radius 2 is 1.76 bits per heavy atom. The lowest BCUT2D eigenvalue weighted by Gasteiger charge is -2.37. The summed E-state index contributed by atoms with van der Waals surface area (Å²) in [6.07, 6.45) is -4.39. The van der Waals surface area contributed by atoms with E-state index in [-0.39, 0.29) is 13.0 Å². The number of nitrogens with zero attached hydrogens (tertiary/aromatic N) is 3. The molecule has 6 nitrogen and oxygen atoms in total. The van der Waals surface area contributed by atoms with E-state index in [1.165, 1.54) is 11.8 Å². The predicted molar refractivity (Wildman–Crippen MR) is 69.0 cm³/mol. The first-order valence-corrected chi connectivity index (χ1v) is 6.77. The Morgan fingerprint density at radius 1 is 1.19 bits per heavy atom. The van der Waals surface area contributed by atoms with Gasteiger partial charge in [0.25, 0.3) is 0 Å². The third-order valence-electron chi connectivity index (χ3n) is 3.31. The molecule has 21 heavy (non-hydrogen) atoms. The minimum absolute atomic E-state index is 0.00241. The molecule has 0 bridgehead atoms. The highest BCUT2D eigenvalue weighted by molar-refractivity contribution is 5.74. The molecule has 1 aliphatic heterocycles. The molecule has 0 saturated carbocycles. The Labute approximate surface area is 121 Å². The normalized spacial score (nSPS) is 16.9. The minimum Gasteiger partial charge on any atom is -0.481 e. The summed E-state index contributed by atoms with van der Waals surface area (Å²) in [4.78, 5) is 26.5. The maximum absolute atomic E-state index is 12.4. The summed E-state index contributed by atoms with van der Waals surface area (Å²) in [6.45, 7) is 2.22. The van der Waals surface area contributed by atoms with Crippen molar-refractivity contribution >= 4 is 12.0 Å². The Hall–Kier alpha value is -1.51. The van der Waals surface area contributed by atoms with Crippen molar-refractivity contribution in [2.24, 2.45) is 0 Å². The Kier molecular flexibility index (Phi) is 6.25. The summed E-state index contributed by atoms with van der Waals surface area (Å²) in [6, 6.07) is -0.618. The Balaban J connectivity index is 2.45. The minimum atomic E-state index is -4.41. The molecule has 1 fully saturated rings. The molecular formula is C12H20F3N3O3. The van der Waals surface area contributed by atoms with E-state index in [2.05, 4.69) is 0 Å². The summed E-state index contributed by atoms with van der Waals surface area (Å²) in [5, 5.41) is 8.59. The zero-order valence-electron chi connectivity index (χ0n) is 11.9. The summed E-state index contributed by atoms with van der Waals surface area (Å²) in [7, 11) is 0. The van der Waals surface area contributed by atoms with Gasteiger partial charge in [0.05, 0.1) is 6.42 Å². The van der Waals surface area contributed by atoms with Crippen molar-refractivity contribution in [3.05, 3.63) is 0 Å². The molecule has 1 rings (SSSR count). The van der Waals surface area contributed by atoms with Crippen molar-refractivity contribution in [1.82, 2.24) is 14.7 Å². The fourth-order valence-electron chi connectivity index (χ4n) is 2.15. The van der Waals surface area contributed by atoms with Crippen LogP contribution in [0.2, 0.25) is 0 Å². The van der Waals surface area contributed by atoms with Crippen molar-refractivity contribution in [2.75, 3.05) is 45.8 Å². The second kappa shape index (κ2) is 7.48. The predicted octanol–water partition coefficient (Wildman–Crippen LogP) is 1.08. The highest BCUT2D eigenvalue weighted by Gasteiger charge is 2.34. The number of rotatable bonds is 5. The van der Waals surface area contributed by atoms with Gasteiger partial charge in [0, 0.05) is 39.3 Å². The number of carboxylic acids is 1. The highest BCUT2D eigenvalue weighted by Crippen LogP contribution is 2.17. The zero-order chi connectivity index (χ0) is 16.0. The fraction of sp³-hybridized carbons (Fsp3) is 0.833. The number of alkyl halides is 3. The number of amides is 2. The van der Waals surface area contributed by atoms with Crippen LogP contribution in [-0.2, 0) is 4.79 Å². The molecule has 0 spiro atoms. The second-order valence-electron chi connectivity index (χ2n) is 4.88. The average molecular weight is 311 g/mol. The van der Waals surface area contributed by atoms with E-state index in [9.17, 15) is 22.8 Å². The van der Waals surface area contributed by atoms with Gasteiger partial charge in [-0.3, -0.25) is 9.69 Å².